The Labute approximate surface area is 127 Å². The molecule has 1 aromatic carbocycles. The van der Waals surface area contributed by atoms with E-state index in [-0.39, 0.29) is 0 Å². The van der Waals surface area contributed by atoms with Crippen molar-refractivity contribution in [2.24, 2.45) is 0 Å². The number of nitrogens with zero attached hydrogens (tertiary/aromatic N) is 1. The normalized spacial score (nSPS) is 12.0. The van der Waals surface area contributed by atoms with Gasteiger partial charge in [-0.2, -0.15) is 0 Å². The predicted octanol–water partition coefficient (Wildman–Crippen LogP) is 3.78. The molecule has 0 bridgehead atoms. The molecule has 112 valence electrons. The number of hydrogen-bond donors (Lipinski definition) is 1. The largest absolute Gasteiger partial charge is 0.438 e. The predicted molar refractivity (Wildman–Crippen MR) is 77.2 cm³/mol. The average molecular weight is 311 g/mol. The van der Waals surface area contributed by atoms with E-state index < -0.39 is 12.2 Å². The Hall–Kier alpha value is -2.05. The van der Waals surface area contributed by atoms with Crippen molar-refractivity contribution in [1.29, 1.82) is 0 Å². The second kappa shape index (κ2) is 7.10. The molecule has 2 rings (SSSR count). The molecule has 1 unspecified atom stereocenters. The van der Waals surface area contributed by atoms with E-state index in [0.717, 1.165) is 0 Å². The minimum Gasteiger partial charge on any atom is -0.438 e. The van der Waals surface area contributed by atoms with Gasteiger partial charge in [0, 0.05) is 23.9 Å². The van der Waals surface area contributed by atoms with Crippen LogP contribution in [0.25, 0.3) is 0 Å². The van der Waals surface area contributed by atoms with Crippen LogP contribution in [0.1, 0.15) is 24.5 Å². The number of anilines is 1. The molecular weight excluding hydrogens is 296 g/mol. The molecule has 2 aromatic rings. The Morgan fingerprint density at radius 1 is 1.48 bits per heavy atom. The zero-order valence-corrected chi connectivity index (χ0v) is 12.4. The molecule has 1 heterocycles. The summed E-state index contributed by atoms with van der Waals surface area (Å²) in [7, 11) is 1.56. The first-order valence-electron chi connectivity index (χ1n) is 6.26. The molecule has 1 N–H and O–H groups in total. The molecule has 1 amide bonds. The van der Waals surface area contributed by atoms with E-state index in [1.807, 2.05) is 0 Å². The van der Waals surface area contributed by atoms with Crippen molar-refractivity contribution in [2.45, 2.75) is 19.6 Å². The third-order valence-electron chi connectivity index (χ3n) is 2.62. The number of halogens is 1. The van der Waals surface area contributed by atoms with Gasteiger partial charge < -0.3 is 14.0 Å². The zero-order chi connectivity index (χ0) is 15.2. The van der Waals surface area contributed by atoms with Gasteiger partial charge in [0.05, 0.1) is 6.61 Å². The van der Waals surface area contributed by atoms with Gasteiger partial charge in [0.2, 0.25) is 0 Å². The highest BCUT2D eigenvalue weighted by Crippen LogP contribution is 2.20. The van der Waals surface area contributed by atoms with E-state index in [2.05, 4.69) is 10.5 Å². The quantitative estimate of drug-likeness (QED) is 0.909. The summed E-state index contributed by atoms with van der Waals surface area (Å²) in [4.78, 5) is 11.8. The molecule has 7 heteroatoms. The summed E-state index contributed by atoms with van der Waals surface area (Å²) < 4.78 is 15.2. The minimum atomic E-state index is -0.602. The molecule has 0 fully saturated rings. The molecule has 0 aliphatic rings. The van der Waals surface area contributed by atoms with Gasteiger partial charge in [-0.1, -0.05) is 22.8 Å². The van der Waals surface area contributed by atoms with Gasteiger partial charge in [0.25, 0.3) is 0 Å². The van der Waals surface area contributed by atoms with Crippen molar-refractivity contribution in [3.05, 3.63) is 46.8 Å². The monoisotopic (exact) mass is 310 g/mol. The fraction of sp³-hybridized carbons (Fsp3) is 0.286. The fourth-order valence-corrected chi connectivity index (χ4v) is 1.86. The molecule has 1 atom stereocenters. The lowest BCUT2D eigenvalue weighted by atomic mass is 10.3. The summed E-state index contributed by atoms with van der Waals surface area (Å²) in [6.45, 7) is 2.03. The summed E-state index contributed by atoms with van der Waals surface area (Å²) >= 11 is 5.84. The van der Waals surface area contributed by atoms with E-state index >= 15 is 0 Å². The molecular formula is C14H15ClN2O4. The number of methoxy groups -OCH3 is 1. The third-order valence-corrected chi connectivity index (χ3v) is 2.86. The number of carbonyl (C=O) groups excluding carboxylic acids is 1. The Morgan fingerprint density at radius 3 is 3.00 bits per heavy atom. The van der Waals surface area contributed by atoms with E-state index in [1.165, 1.54) is 0 Å². The van der Waals surface area contributed by atoms with Crippen LogP contribution in [-0.2, 0) is 16.1 Å². The molecule has 0 saturated carbocycles. The lowest BCUT2D eigenvalue weighted by Crippen LogP contribution is -2.15. The summed E-state index contributed by atoms with van der Waals surface area (Å²) in [5.74, 6) is 0.447. The lowest BCUT2D eigenvalue weighted by molar-refractivity contribution is 0.103. The number of benzene rings is 1. The molecule has 6 nitrogen and oxygen atoms in total. The molecule has 0 aliphatic carbocycles. The van der Waals surface area contributed by atoms with Crippen molar-refractivity contribution in [3.63, 3.8) is 0 Å². The number of carbonyl (C=O) groups is 1. The van der Waals surface area contributed by atoms with Crippen LogP contribution in [0.4, 0.5) is 10.5 Å². The summed E-state index contributed by atoms with van der Waals surface area (Å²) in [5, 5.41) is 6.91. The average Bonchev–Trinajstić information content (AvgIpc) is 2.87. The smallest absolute Gasteiger partial charge is 0.412 e. The second-order valence-corrected chi connectivity index (χ2v) is 4.77. The highest BCUT2D eigenvalue weighted by Gasteiger charge is 2.17. The summed E-state index contributed by atoms with van der Waals surface area (Å²) in [5.41, 5.74) is 1.19. The molecule has 1 aromatic heterocycles. The molecule has 0 aliphatic heterocycles. The highest BCUT2D eigenvalue weighted by atomic mass is 35.5. The van der Waals surface area contributed by atoms with Crippen LogP contribution >= 0.6 is 11.6 Å². The maximum absolute atomic E-state index is 11.8. The van der Waals surface area contributed by atoms with Crippen molar-refractivity contribution < 1.29 is 18.8 Å². The van der Waals surface area contributed by atoms with Crippen LogP contribution in [0.3, 0.4) is 0 Å². The summed E-state index contributed by atoms with van der Waals surface area (Å²) in [6, 6.07) is 8.46. The number of hydrogen-bond acceptors (Lipinski definition) is 5. The van der Waals surface area contributed by atoms with E-state index in [4.69, 9.17) is 25.6 Å². The Balaban J connectivity index is 1.92. The SMILES string of the molecule is COCc1cc(C(C)OC(=O)Nc2cccc(Cl)c2)on1. The Bertz CT molecular complexity index is 615. The van der Waals surface area contributed by atoms with Crippen LogP contribution in [0.15, 0.2) is 34.9 Å². The Morgan fingerprint density at radius 2 is 2.29 bits per heavy atom. The van der Waals surface area contributed by atoms with E-state index in [0.29, 0.717) is 28.8 Å². The first kappa shape index (κ1) is 15.3. The van der Waals surface area contributed by atoms with E-state index in [9.17, 15) is 4.79 Å². The highest BCUT2D eigenvalue weighted by molar-refractivity contribution is 6.30. The summed E-state index contributed by atoms with van der Waals surface area (Å²) in [6.07, 6.45) is -1.17. The molecule has 0 radical (unpaired) electrons. The maximum atomic E-state index is 11.8. The molecule has 0 saturated heterocycles. The van der Waals surface area contributed by atoms with Crippen LogP contribution in [0, 0.1) is 0 Å². The van der Waals surface area contributed by atoms with Crippen molar-refractivity contribution in [2.75, 3.05) is 12.4 Å². The van der Waals surface area contributed by atoms with E-state index in [1.54, 1.807) is 44.4 Å². The zero-order valence-electron chi connectivity index (χ0n) is 11.6. The Kier molecular flexibility index (Phi) is 5.19. The minimum absolute atomic E-state index is 0.338. The topological polar surface area (TPSA) is 73.6 Å². The van der Waals surface area contributed by atoms with Gasteiger partial charge in [0.1, 0.15) is 5.69 Å². The van der Waals surface area contributed by atoms with Crippen LogP contribution < -0.4 is 5.32 Å². The number of amides is 1. The van der Waals surface area contributed by atoms with Crippen LogP contribution in [0.2, 0.25) is 5.02 Å². The van der Waals surface area contributed by atoms with Gasteiger partial charge in [-0.15, -0.1) is 0 Å². The second-order valence-electron chi connectivity index (χ2n) is 4.34. The number of nitrogens with one attached hydrogen (secondary N) is 1. The van der Waals surface area contributed by atoms with Gasteiger partial charge in [-0.25, -0.2) is 4.79 Å². The molecule has 21 heavy (non-hydrogen) atoms. The standard InChI is InChI=1S/C14H15ClN2O4/c1-9(13-7-12(8-19-2)17-21-13)20-14(18)16-11-5-3-4-10(15)6-11/h3-7,9H,8H2,1-2H3,(H,16,18). The van der Waals surface area contributed by atoms with Gasteiger partial charge in [-0.3, -0.25) is 5.32 Å². The van der Waals surface area contributed by atoms with Crippen LogP contribution in [0.5, 0.6) is 0 Å². The third kappa shape index (κ3) is 4.47. The first-order valence-corrected chi connectivity index (χ1v) is 6.64. The maximum Gasteiger partial charge on any atom is 0.412 e. The van der Waals surface area contributed by atoms with Gasteiger partial charge >= 0.3 is 6.09 Å². The van der Waals surface area contributed by atoms with Gasteiger partial charge in [0.15, 0.2) is 11.9 Å². The van der Waals surface area contributed by atoms with Crippen molar-refractivity contribution in [1.82, 2.24) is 5.16 Å². The van der Waals surface area contributed by atoms with Gasteiger partial charge in [-0.05, 0) is 25.1 Å². The number of aromatic nitrogens is 1. The fourth-order valence-electron chi connectivity index (χ4n) is 1.67. The van der Waals surface area contributed by atoms with Crippen LogP contribution in [-0.4, -0.2) is 18.4 Å². The number of ether oxygens (including phenoxy) is 2. The molecule has 0 spiro atoms. The van der Waals surface area contributed by atoms with Crippen molar-refractivity contribution >= 4 is 23.4 Å². The lowest BCUT2D eigenvalue weighted by Gasteiger charge is -2.11. The van der Waals surface area contributed by atoms with Crippen molar-refractivity contribution in [3.8, 4) is 0 Å². The number of rotatable bonds is 5. The first-order chi connectivity index (χ1) is 10.1.